The monoisotopic (exact) mass is 164 g/mol. The summed E-state index contributed by atoms with van der Waals surface area (Å²) in [7, 11) is 0. The Balaban J connectivity index is 2.03. The highest BCUT2D eigenvalue weighted by molar-refractivity contribution is 5.40. The van der Waals surface area contributed by atoms with Gasteiger partial charge in [0.25, 0.3) is 0 Å². The number of hydrogen-bond donors (Lipinski definition) is 2. The molecule has 1 aliphatic rings. The van der Waals surface area contributed by atoms with Crippen molar-refractivity contribution in [2.24, 2.45) is 5.92 Å². The van der Waals surface area contributed by atoms with E-state index in [9.17, 15) is 0 Å². The highest BCUT2D eigenvalue weighted by Crippen LogP contribution is 2.31. The Labute approximate surface area is 71.2 Å². The second kappa shape index (κ2) is 2.62. The molecule has 2 atom stereocenters. The minimum atomic E-state index is 0.466. The zero-order valence-corrected chi connectivity index (χ0v) is 6.99. The lowest BCUT2D eigenvalue weighted by atomic mass is 10.5. The topological polar surface area (TPSA) is 63.8 Å². The predicted octanol–water partition coefficient (Wildman–Crippen LogP) is 0.879. The van der Waals surface area contributed by atoms with Crippen LogP contribution in [0.5, 0.6) is 0 Å². The van der Waals surface area contributed by atoms with Gasteiger partial charge in [-0.3, -0.25) is 4.98 Å². The molecule has 0 bridgehead atoms. The second-order valence-corrected chi connectivity index (χ2v) is 3.29. The molecule has 0 radical (unpaired) electrons. The van der Waals surface area contributed by atoms with E-state index < -0.39 is 0 Å². The van der Waals surface area contributed by atoms with E-state index in [2.05, 4.69) is 22.2 Å². The number of nitrogen functional groups attached to an aromatic ring is 1. The van der Waals surface area contributed by atoms with Crippen molar-refractivity contribution in [3.05, 3.63) is 12.4 Å². The zero-order valence-electron chi connectivity index (χ0n) is 6.99. The van der Waals surface area contributed by atoms with E-state index in [1.807, 2.05) is 0 Å². The Bertz CT molecular complexity index is 286. The van der Waals surface area contributed by atoms with Gasteiger partial charge in [0, 0.05) is 6.04 Å². The first-order valence-corrected chi connectivity index (χ1v) is 4.10. The molecule has 1 saturated carbocycles. The summed E-state index contributed by atoms with van der Waals surface area (Å²) in [6, 6.07) is 0.570. The Morgan fingerprint density at radius 1 is 1.58 bits per heavy atom. The molecule has 1 aliphatic carbocycles. The predicted molar refractivity (Wildman–Crippen MR) is 47.6 cm³/mol. The molecule has 0 saturated heterocycles. The fourth-order valence-electron chi connectivity index (χ4n) is 1.16. The lowest BCUT2D eigenvalue weighted by Gasteiger charge is -2.02. The van der Waals surface area contributed by atoms with Crippen LogP contribution >= 0.6 is 0 Å². The smallest absolute Gasteiger partial charge is 0.147 e. The highest BCUT2D eigenvalue weighted by Gasteiger charge is 2.32. The summed E-state index contributed by atoms with van der Waals surface area (Å²) in [6.07, 6.45) is 4.46. The Morgan fingerprint density at radius 3 is 2.92 bits per heavy atom. The largest absolute Gasteiger partial charge is 0.382 e. The van der Waals surface area contributed by atoms with Crippen LogP contribution in [0.25, 0.3) is 0 Å². The van der Waals surface area contributed by atoms with Gasteiger partial charge in [-0.15, -0.1) is 0 Å². The van der Waals surface area contributed by atoms with Crippen molar-refractivity contribution in [2.75, 3.05) is 11.1 Å². The van der Waals surface area contributed by atoms with E-state index in [-0.39, 0.29) is 0 Å². The van der Waals surface area contributed by atoms with Crippen LogP contribution in [-0.2, 0) is 0 Å². The van der Waals surface area contributed by atoms with Gasteiger partial charge < -0.3 is 11.1 Å². The van der Waals surface area contributed by atoms with Crippen molar-refractivity contribution in [3.8, 4) is 0 Å². The van der Waals surface area contributed by atoms with Gasteiger partial charge in [-0.25, -0.2) is 4.98 Å². The Hall–Kier alpha value is -1.32. The normalized spacial score (nSPS) is 26.8. The average molecular weight is 164 g/mol. The molecule has 1 fully saturated rings. The molecule has 3 N–H and O–H groups in total. The number of nitrogens with zero attached hydrogens (tertiary/aromatic N) is 2. The first kappa shape index (κ1) is 7.34. The van der Waals surface area contributed by atoms with Crippen LogP contribution in [0.4, 0.5) is 11.6 Å². The number of anilines is 2. The van der Waals surface area contributed by atoms with E-state index in [1.54, 1.807) is 12.4 Å². The number of rotatable bonds is 2. The van der Waals surface area contributed by atoms with Crippen molar-refractivity contribution in [1.29, 1.82) is 0 Å². The standard InChI is InChI=1S/C8H12N4/c1-5-2-6(5)11-8-4-10-3-7(9)12-8/h3-6H,2H2,1H3,(H3,9,11,12). The van der Waals surface area contributed by atoms with Crippen molar-refractivity contribution >= 4 is 11.6 Å². The van der Waals surface area contributed by atoms with Gasteiger partial charge in [0.2, 0.25) is 0 Å². The third-order valence-electron chi connectivity index (χ3n) is 2.10. The van der Waals surface area contributed by atoms with Gasteiger partial charge in [0.15, 0.2) is 0 Å². The minimum Gasteiger partial charge on any atom is -0.382 e. The minimum absolute atomic E-state index is 0.466. The molecule has 2 unspecified atom stereocenters. The first-order valence-electron chi connectivity index (χ1n) is 4.10. The third-order valence-corrected chi connectivity index (χ3v) is 2.10. The summed E-state index contributed by atoms with van der Waals surface area (Å²) in [5.41, 5.74) is 5.48. The number of nitrogens with one attached hydrogen (secondary N) is 1. The SMILES string of the molecule is CC1CC1Nc1cncc(N)n1. The first-order chi connectivity index (χ1) is 5.75. The van der Waals surface area contributed by atoms with Crippen molar-refractivity contribution in [2.45, 2.75) is 19.4 Å². The summed E-state index contributed by atoms with van der Waals surface area (Å²) in [4.78, 5) is 8.03. The maximum Gasteiger partial charge on any atom is 0.147 e. The molecule has 1 aromatic heterocycles. The summed E-state index contributed by atoms with van der Waals surface area (Å²) < 4.78 is 0. The van der Waals surface area contributed by atoms with Gasteiger partial charge in [0.1, 0.15) is 11.6 Å². The molecule has 1 heterocycles. The maximum atomic E-state index is 5.48. The van der Waals surface area contributed by atoms with Crippen molar-refractivity contribution in [3.63, 3.8) is 0 Å². The Morgan fingerprint density at radius 2 is 2.33 bits per heavy atom. The van der Waals surface area contributed by atoms with Crippen LogP contribution < -0.4 is 11.1 Å². The third kappa shape index (κ3) is 1.47. The van der Waals surface area contributed by atoms with E-state index >= 15 is 0 Å². The summed E-state index contributed by atoms with van der Waals surface area (Å²) in [5.74, 6) is 2.01. The van der Waals surface area contributed by atoms with Crippen LogP contribution in [0.1, 0.15) is 13.3 Å². The summed E-state index contributed by atoms with van der Waals surface area (Å²) >= 11 is 0. The van der Waals surface area contributed by atoms with Crippen LogP contribution in [0.15, 0.2) is 12.4 Å². The lowest BCUT2D eigenvalue weighted by Crippen LogP contribution is -2.06. The molecule has 4 nitrogen and oxygen atoms in total. The number of nitrogens with two attached hydrogens (primary N) is 1. The van der Waals surface area contributed by atoms with E-state index in [4.69, 9.17) is 5.73 Å². The molecule has 2 rings (SSSR count). The molecule has 1 aromatic rings. The summed E-state index contributed by atoms with van der Waals surface area (Å²) in [5, 5.41) is 3.25. The molecule has 4 heteroatoms. The van der Waals surface area contributed by atoms with E-state index in [1.165, 1.54) is 6.42 Å². The molecule has 64 valence electrons. The summed E-state index contributed by atoms with van der Waals surface area (Å²) in [6.45, 7) is 2.21. The molecular weight excluding hydrogens is 152 g/mol. The van der Waals surface area contributed by atoms with E-state index in [0.717, 1.165) is 11.7 Å². The van der Waals surface area contributed by atoms with Gasteiger partial charge in [-0.1, -0.05) is 6.92 Å². The zero-order chi connectivity index (χ0) is 8.55. The second-order valence-electron chi connectivity index (χ2n) is 3.29. The van der Waals surface area contributed by atoms with Crippen LogP contribution in [0, 0.1) is 5.92 Å². The van der Waals surface area contributed by atoms with Gasteiger partial charge in [-0.05, 0) is 12.3 Å². The number of aromatic nitrogens is 2. The maximum absolute atomic E-state index is 5.48. The van der Waals surface area contributed by atoms with Gasteiger partial charge >= 0.3 is 0 Å². The molecule has 0 amide bonds. The lowest BCUT2D eigenvalue weighted by molar-refractivity contribution is 0.922. The fraction of sp³-hybridized carbons (Fsp3) is 0.500. The molecule has 12 heavy (non-hydrogen) atoms. The number of hydrogen-bond acceptors (Lipinski definition) is 4. The van der Waals surface area contributed by atoms with Crippen LogP contribution in [-0.4, -0.2) is 16.0 Å². The fourth-order valence-corrected chi connectivity index (χ4v) is 1.16. The van der Waals surface area contributed by atoms with Crippen LogP contribution in [0.2, 0.25) is 0 Å². The molecular formula is C8H12N4. The highest BCUT2D eigenvalue weighted by atomic mass is 15.1. The van der Waals surface area contributed by atoms with Crippen LogP contribution in [0.3, 0.4) is 0 Å². The Kier molecular flexibility index (Phi) is 1.60. The molecule has 0 aromatic carbocycles. The van der Waals surface area contributed by atoms with Gasteiger partial charge in [0.05, 0.1) is 12.4 Å². The van der Waals surface area contributed by atoms with E-state index in [0.29, 0.717) is 11.9 Å². The average Bonchev–Trinajstić information content (AvgIpc) is 2.66. The van der Waals surface area contributed by atoms with Crippen molar-refractivity contribution in [1.82, 2.24) is 9.97 Å². The quantitative estimate of drug-likeness (QED) is 0.681. The van der Waals surface area contributed by atoms with Gasteiger partial charge in [-0.2, -0.15) is 0 Å². The molecule has 0 spiro atoms. The molecule has 0 aliphatic heterocycles. The van der Waals surface area contributed by atoms with Crippen molar-refractivity contribution < 1.29 is 0 Å².